The van der Waals surface area contributed by atoms with Crippen molar-refractivity contribution >= 4 is 11.6 Å². The van der Waals surface area contributed by atoms with Crippen LogP contribution >= 0.6 is 0 Å². The number of rotatable bonds is 4. The number of nitrogens with one attached hydrogen (secondary N) is 1. The van der Waals surface area contributed by atoms with E-state index in [0.717, 1.165) is 12.2 Å². The highest BCUT2D eigenvalue weighted by atomic mass is 15.4. The van der Waals surface area contributed by atoms with Gasteiger partial charge in [0.1, 0.15) is 6.33 Å². The van der Waals surface area contributed by atoms with E-state index in [-0.39, 0.29) is 0 Å². The molecule has 3 rings (SSSR count). The Kier molecular flexibility index (Phi) is 3.23. The molecule has 94 valence electrons. The second-order valence-corrected chi connectivity index (χ2v) is 4.24. The van der Waals surface area contributed by atoms with Gasteiger partial charge < -0.3 is 5.32 Å². The third-order valence-electron chi connectivity index (χ3n) is 2.75. The highest BCUT2D eigenvalue weighted by Crippen LogP contribution is 2.11. The largest absolute Gasteiger partial charge is 0.323 e. The van der Waals surface area contributed by atoms with Crippen LogP contribution in [0.1, 0.15) is 5.56 Å². The topological polar surface area (TPSA) is 42.7 Å². The lowest BCUT2D eigenvalue weighted by Crippen LogP contribution is -2.01. The van der Waals surface area contributed by atoms with Crippen LogP contribution in [0, 0.1) is 0 Å². The molecule has 0 saturated heterocycles. The van der Waals surface area contributed by atoms with Crippen LogP contribution in [0.4, 0.5) is 11.6 Å². The van der Waals surface area contributed by atoms with Crippen molar-refractivity contribution in [2.45, 2.75) is 6.54 Å². The van der Waals surface area contributed by atoms with Crippen molar-refractivity contribution in [3.8, 4) is 0 Å². The van der Waals surface area contributed by atoms with Gasteiger partial charge in [-0.1, -0.05) is 48.5 Å². The van der Waals surface area contributed by atoms with Crippen LogP contribution in [0.2, 0.25) is 0 Å². The Labute approximate surface area is 111 Å². The average molecular weight is 250 g/mol. The molecule has 0 bridgehead atoms. The molecule has 0 radical (unpaired) electrons. The van der Waals surface area contributed by atoms with Gasteiger partial charge in [0.05, 0.1) is 6.54 Å². The van der Waals surface area contributed by atoms with Gasteiger partial charge in [-0.05, 0) is 17.7 Å². The summed E-state index contributed by atoms with van der Waals surface area (Å²) in [5.41, 5.74) is 2.19. The average Bonchev–Trinajstić information content (AvgIpc) is 2.88. The van der Waals surface area contributed by atoms with Gasteiger partial charge in [0.25, 0.3) is 0 Å². The van der Waals surface area contributed by atoms with Crippen LogP contribution in [0.3, 0.4) is 0 Å². The zero-order valence-electron chi connectivity index (χ0n) is 10.4. The molecule has 0 aliphatic rings. The van der Waals surface area contributed by atoms with Crippen LogP contribution in [-0.2, 0) is 6.54 Å². The zero-order valence-corrected chi connectivity index (χ0v) is 10.4. The van der Waals surface area contributed by atoms with E-state index in [4.69, 9.17) is 0 Å². The zero-order chi connectivity index (χ0) is 12.9. The maximum atomic E-state index is 4.40. The molecule has 0 atom stereocenters. The Bertz CT molecular complexity index is 576. The quantitative estimate of drug-likeness (QED) is 0.773. The maximum Gasteiger partial charge on any atom is 0.246 e. The van der Waals surface area contributed by atoms with Crippen LogP contribution in [-0.4, -0.2) is 14.8 Å². The van der Waals surface area contributed by atoms with Crippen molar-refractivity contribution in [2.75, 3.05) is 5.32 Å². The lowest BCUT2D eigenvalue weighted by Gasteiger charge is -2.01. The van der Waals surface area contributed by atoms with Gasteiger partial charge >= 0.3 is 0 Å². The molecule has 0 aliphatic heterocycles. The molecular weight excluding hydrogens is 236 g/mol. The number of hydrogen-bond acceptors (Lipinski definition) is 3. The normalized spacial score (nSPS) is 10.3. The fraction of sp³-hybridized carbons (Fsp3) is 0.0667. The van der Waals surface area contributed by atoms with Crippen molar-refractivity contribution in [2.24, 2.45) is 0 Å². The van der Waals surface area contributed by atoms with Crippen molar-refractivity contribution in [3.63, 3.8) is 0 Å². The molecule has 4 heteroatoms. The molecule has 0 spiro atoms. The first-order chi connectivity index (χ1) is 9.40. The predicted octanol–water partition coefficient (Wildman–Crippen LogP) is 3.07. The molecule has 1 heterocycles. The van der Waals surface area contributed by atoms with Crippen LogP contribution in [0.5, 0.6) is 0 Å². The molecule has 0 aliphatic carbocycles. The molecule has 1 aromatic heterocycles. The summed E-state index contributed by atoms with van der Waals surface area (Å²) in [6, 6.07) is 20.1. The van der Waals surface area contributed by atoms with E-state index in [9.17, 15) is 0 Å². The fourth-order valence-corrected chi connectivity index (χ4v) is 1.85. The van der Waals surface area contributed by atoms with Gasteiger partial charge in [-0.15, -0.1) is 5.10 Å². The molecular formula is C15H14N4. The summed E-state index contributed by atoms with van der Waals surface area (Å²) in [7, 11) is 0. The molecule has 0 amide bonds. The summed E-state index contributed by atoms with van der Waals surface area (Å²) in [5, 5.41) is 7.56. The Balaban J connectivity index is 1.70. The highest BCUT2D eigenvalue weighted by Gasteiger charge is 2.01. The summed E-state index contributed by atoms with van der Waals surface area (Å²) < 4.78 is 1.82. The SMILES string of the molecule is c1ccc(Cn2cnc(Nc3ccccc3)n2)cc1. The lowest BCUT2D eigenvalue weighted by atomic mass is 10.2. The molecule has 0 fully saturated rings. The second kappa shape index (κ2) is 5.35. The molecule has 3 aromatic rings. The van der Waals surface area contributed by atoms with E-state index in [2.05, 4.69) is 27.5 Å². The van der Waals surface area contributed by atoms with Gasteiger partial charge in [0, 0.05) is 5.69 Å². The number of para-hydroxylation sites is 1. The number of benzene rings is 2. The monoisotopic (exact) mass is 250 g/mol. The second-order valence-electron chi connectivity index (χ2n) is 4.24. The van der Waals surface area contributed by atoms with Gasteiger partial charge in [0.2, 0.25) is 5.95 Å². The Morgan fingerprint density at radius 1 is 0.895 bits per heavy atom. The van der Waals surface area contributed by atoms with E-state index in [0.29, 0.717) is 5.95 Å². The number of aromatic nitrogens is 3. The van der Waals surface area contributed by atoms with Gasteiger partial charge in [0.15, 0.2) is 0 Å². The van der Waals surface area contributed by atoms with Crippen molar-refractivity contribution in [1.29, 1.82) is 0 Å². The fourth-order valence-electron chi connectivity index (χ4n) is 1.85. The third-order valence-corrected chi connectivity index (χ3v) is 2.75. The van der Waals surface area contributed by atoms with Crippen molar-refractivity contribution in [1.82, 2.24) is 14.8 Å². The molecule has 2 aromatic carbocycles. The first-order valence-electron chi connectivity index (χ1n) is 6.15. The number of hydrogen-bond donors (Lipinski definition) is 1. The van der Waals surface area contributed by atoms with Crippen LogP contribution in [0.15, 0.2) is 67.0 Å². The van der Waals surface area contributed by atoms with Gasteiger partial charge in [-0.3, -0.25) is 0 Å². The highest BCUT2D eigenvalue weighted by molar-refractivity contribution is 5.51. The molecule has 0 saturated carbocycles. The Morgan fingerprint density at radius 2 is 1.58 bits per heavy atom. The summed E-state index contributed by atoms with van der Waals surface area (Å²) in [4.78, 5) is 4.25. The first-order valence-corrected chi connectivity index (χ1v) is 6.15. The van der Waals surface area contributed by atoms with Crippen LogP contribution < -0.4 is 5.32 Å². The summed E-state index contributed by atoms with van der Waals surface area (Å²) in [6.45, 7) is 0.726. The molecule has 4 nitrogen and oxygen atoms in total. The molecule has 0 unspecified atom stereocenters. The Hall–Kier alpha value is -2.62. The van der Waals surface area contributed by atoms with E-state index in [1.54, 1.807) is 6.33 Å². The van der Waals surface area contributed by atoms with Crippen molar-refractivity contribution in [3.05, 3.63) is 72.6 Å². The van der Waals surface area contributed by atoms with Gasteiger partial charge in [-0.25, -0.2) is 9.67 Å². The van der Waals surface area contributed by atoms with Crippen LogP contribution in [0.25, 0.3) is 0 Å². The van der Waals surface area contributed by atoms with Crippen molar-refractivity contribution < 1.29 is 0 Å². The smallest absolute Gasteiger partial charge is 0.246 e. The van der Waals surface area contributed by atoms with E-state index in [1.807, 2.05) is 53.2 Å². The lowest BCUT2D eigenvalue weighted by molar-refractivity contribution is 0.687. The summed E-state index contributed by atoms with van der Waals surface area (Å²) in [5.74, 6) is 0.613. The summed E-state index contributed by atoms with van der Waals surface area (Å²) >= 11 is 0. The number of anilines is 2. The first kappa shape index (κ1) is 11.5. The Morgan fingerprint density at radius 3 is 2.32 bits per heavy atom. The number of nitrogens with zero attached hydrogens (tertiary/aromatic N) is 3. The van der Waals surface area contributed by atoms with E-state index in [1.165, 1.54) is 5.56 Å². The molecule has 19 heavy (non-hydrogen) atoms. The minimum absolute atomic E-state index is 0.613. The molecule has 1 N–H and O–H groups in total. The van der Waals surface area contributed by atoms with Gasteiger partial charge in [-0.2, -0.15) is 0 Å². The van der Waals surface area contributed by atoms with E-state index >= 15 is 0 Å². The third kappa shape index (κ3) is 2.98. The maximum absolute atomic E-state index is 4.40. The predicted molar refractivity (Wildman–Crippen MR) is 75.3 cm³/mol. The summed E-state index contributed by atoms with van der Waals surface area (Å²) in [6.07, 6.45) is 1.73. The standard InChI is InChI=1S/C15H14N4/c1-3-7-13(8-4-1)11-19-12-16-15(18-19)17-14-9-5-2-6-10-14/h1-10,12H,11H2,(H,17,18). The minimum Gasteiger partial charge on any atom is -0.323 e. The minimum atomic E-state index is 0.613. The van der Waals surface area contributed by atoms with E-state index < -0.39 is 0 Å².